The third kappa shape index (κ3) is 3.75. The summed E-state index contributed by atoms with van der Waals surface area (Å²) in [6, 6.07) is 9.23. The minimum Gasteiger partial charge on any atom is -0.506 e. The van der Waals surface area contributed by atoms with Crippen molar-refractivity contribution in [3.63, 3.8) is 0 Å². The van der Waals surface area contributed by atoms with E-state index in [-0.39, 0.29) is 11.7 Å². The summed E-state index contributed by atoms with van der Waals surface area (Å²) < 4.78 is 1.75. The van der Waals surface area contributed by atoms with Crippen molar-refractivity contribution >= 4 is 76.3 Å². The van der Waals surface area contributed by atoms with Gasteiger partial charge in [0.15, 0.2) is 11.3 Å². The van der Waals surface area contributed by atoms with Crippen molar-refractivity contribution in [2.45, 2.75) is 19.5 Å². The molecule has 1 amide bonds. The monoisotopic (exact) mass is 600 g/mol. The van der Waals surface area contributed by atoms with Gasteiger partial charge in [-0.25, -0.2) is 5.01 Å². The molecule has 150 valence electrons. The first kappa shape index (κ1) is 20.9. The molecule has 1 unspecified atom stereocenters. The molecule has 6 nitrogen and oxygen atoms in total. The van der Waals surface area contributed by atoms with E-state index in [1.807, 2.05) is 24.3 Å². The number of carbonyl (C=O) groups excluding carboxylic acids is 1. The normalized spacial score (nSPS) is 17.9. The smallest absolute Gasteiger partial charge is 0.276 e. The fourth-order valence-corrected chi connectivity index (χ4v) is 6.35. The lowest BCUT2D eigenvalue weighted by Gasteiger charge is -2.35. The molecule has 2 aliphatic rings. The molecular weight excluding hydrogens is 588 g/mol. The zero-order chi connectivity index (χ0) is 20.7. The van der Waals surface area contributed by atoms with Gasteiger partial charge < -0.3 is 5.11 Å². The number of hydrogen-bond acceptors (Lipinski definition) is 6. The number of nitrogens with zero attached hydrogens (tertiary/aromatic N) is 3. The van der Waals surface area contributed by atoms with Gasteiger partial charge in [0.05, 0.1) is 14.3 Å². The van der Waals surface area contributed by atoms with E-state index in [1.54, 1.807) is 11.1 Å². The summed E-state index contributed by atoms with van der Waals surface area (Å²) in [6.45, 7) is 2.07. The number of benzene rings is 2. The molecule has 0 saturated carbocycles. The van der Waals surface area contributed by atoms with Gasteiger partial charge in [-0.15, -0.1) is 5.10 Å². The summed E-state index contributed by atoms with van der Waals surface area (Å²) >= 11 is 11.9. The first-order valence-corrected chi connectivity index (χ1v) is 12.1. The van der Waals surface area contributed by atoms with Crippen LogP contribution in [0.25, 0.3) is 5.70 Å². The van der Waals surface area contributed by atoms with Gasteiger partial charge in [-0.1, -0.05) is 52.8 Å². The Hall–Kier alpha value is -1.36. The summed E-state index contributed by atoms with van der Waals surface area (Å²) in [5.41, 5.74) is 1.11. The molecule has 0 bridgehead atoms. The number of thioether (sulfide) groups is 1. The molecule has 2 aromatic rings. The molecule has 2 N–H and O–H groups in total. The second-order valence-electron chi connectivity index (χ2n) is 6.34. The maximum Gasteiger partial charge on any atom is 0.276 e. The second-order valence-corrected chi connectivity index (χ2v) is 9.92. The van der Waals surface area contributed by atoms with Gasteiger partial charge in [-0.3, -0.25) is 15.1 Å². The highest BCUT2D eigenvalue weighted by Gasteiger charge is 2.36. The molecular formula is C19H15Br3N4O2S. The number of nitrogens with one attached hydrogen (secondary N) is 1. The van der Waals surface area contributed by atoms with Crippen LogP contribution in [0.3, 0.4) is 0 Å². The van der Waals surface area contributed by atoms with Crippen molar-refractivity contribution in [3.8, 4) is 5.75 Å². The highest BCUT2D eigenvalue weighted by Crippen LogP contribution is 2.45. The van der Waals surface area contributed by atoms with Crippen molar-refractivity contribution < 1.29 is 9.90 Å². The molecule has 4 rings (SSSR count). The first-order chi connectivity index (χ1) is 13.9. The Morgan fingerprint density at radius 3 is 2.76 bits per heavy atom. The molecule has 0 aromatic heterocycles. The van der Waals surface area contributed by atoms with Crippen molar-refractivity contribution in [1.82, 2.24) is 10.3 Å². The van der Waals surface area contributed by atoms with Crippen LogP contribution in [0.15, 0.2) is 53.8 Å². The van der Waals surface area contributed by atoms with Crippen LogP contribution in [0.5, 0.6) is 5.75 Å². The SMILES string of the molecule is CCCSC1=NN2C(=c3ccccc3=NC2c2c(Br)cc(Br)c(O)c2Br)C(=O)N1. The van der Waals surface area contributed by atoms with Crippen LogP contribution in [0, 0.1) is 0 Å². The molecule has 0 fully saturated rings. The minimum absolute atomic E-state index is 0.0600. The Morgan fingerprint density at radius 2 is 2.00 bits per heavy atom. The molecule has 29 heavy (non-hydrogen) atoms. The highest BCUT2D eigenvalue weighted by atomic mass is 79.9. The largest absolute Gasteiger partial charge is 0.506 e. The summed E-state index contributed by atoms with van der Waals surface area (Å²) in [5.74, 6) is 0.678. The van der Waals surface area contributed by atoms with Gasteiger partial charge in [0.1, 0.15) is 11.4 Å². The number of hydrazone groups is 1. The fourth-order valence-electron chi connectivity index (χ4n) is 3.11. The van der Waals surface area contributed by atoms with Gasteiger partial charge in [0.2, 0.25) is 0 Å². The van der Waals surface area contributed by atoms with Gasteiger partial charge in [0.25, 0.3) is 5.91 Å². The Morgan fingerprint density at radius 1 is 1.24 bits per heavy atom. The van der Waals surface area contributed by atoms with E-state index < -0.39 is 6.17 Å². The number of phenolic OH excluding ortho intramolecular Hbond substituents is 1. The number of halogens is 3. The molecule has 0 spiro atoms. The lowest BCUT2D eigenvalue weighted by atomic mass is 10.1. The molecule has 0 aliphatic carbocycles. The van der Waals surface area contributed by atoms with Crippen LogP contribution in [0.2, 0.25) is 0 Å². The van der Waals surface area contributed by atoms with Gasteiger partial charge in [-0.05, 0) is 50.4 Å². The number of para-hydroxylation sites is 1. The lowest BCUT2D eigenvalue weighted by molar-refractivity contribution is -0.116. The van der Waals surface area contributed by atoms with Crippen molar-refractivity contribution in [2.75, 3.05) is 5.75 Å². The summed E-state index contributed by atoms with van der Waals surface area (Å²) in [4.78, 5) is 17.9. The maximum atomic E-state index is 13.0. The Balaban J connectivity index is 1.97. The Bertz CT molecular complexity index is 1170. The second kappa shape index (κ2) is 8.41. The van der Waals surface area contributed by atoms with E-state index in [4.69, 9.17) is 10.1 Å². The van der Waals surface area contributed by atoms with Crippen LogP contribution in [0.1, 0.15) is 25.1 Å². The number of rotatable bonds is 3. The van der Waals surface area contributed by atoms with Gasteiger partial charge in [0, 0.05) is 21.0 Å². The number of phenols is 1. The Labute approximate surface area is 196 Å². The number of amides is 1. The number of amidine groups is 1. The van der Waals surface area contributed by atoms with Crippen LogP contribution in [-0.2, 0) is 4.79 Å². The molecule has 2 heterocycles. The number of aromatic hydroxyl groups is 1. The zero-order valence-electron chi connectivity index (χ0n) is 15.1. The van der Waals surface area contributed by atoms with Crippen molar-refractivity contribution in [3.05, 3.63) is 59.9 Å². The standard InChI is InChI=1S/C19H15Br3N4O2S/c1-2-7-29-19-24-18(28)15-9-5-3-4-6-12(9)23-17(26(15)25-19)13-10(20)8-11(21)16(27)14(13)22/h3-6,8,17,27H,2,7H2,1H3,(H,24,25,28). The summed E-state index contributed by atoms with van der Waals surface area (Å²) in [7, 11) is 0. The van der Waals surface area contributed by atoms with Crippen molar-refractivity contribution in [1.29, 1.82) is 0 Å². The third-order valence-electron chi connectivity index (χ3n) is 4.40. The predicted molar refractivity (Wildman–Crippen MR) is 125 cm³/mol. The van der Waals surface area contributed by atoms with Crippen LogP contribution in [0.4, 0.5) is 0 Å². The third-order valence-corrected chi connectivity index (χ3v) is 7.53. The minimum atomic E-state index is -0.633. The van der Waals surface area contributed by atoms with Gasteiger partial charge >= 0.3 is 0 Å². The molecule has 2 aliphatic heterocycles. The molecule has 10 heteroatoms. The molecule has 0 radical (unpaired) electrons. The van der Waals surface area contributed by atoms with Crippen molar-refractivity contribution in [2.24, 2.45) is 10.1 Å². The molecule has 0 saturated heterocycles. The van der Waals surface area contributed by atoms with E-state index in [2.05, 4.69) is 60.0 Å². The van der Waals surface area contributed by atoms with Crippen LogP contribution >= 0.6 is 59.6 Å². The topological polar surface area (TPSA) is 77.3 Å². The maximum absolute atomic E-state index is 13.0. The van der Waals surface area contributed by atoms with E-state index in [0.717, 1.165) is 21.9 Å². The number of carbonyl (C=O) groups is 1. The molecule has 1 atom stereocenters. The van der Waals surface area contributed by atoms with E-state index >= 15 is 0 Å². The average Bonchev–Trinajstić information content (AvgIpc) is 2.70. The van der Waals surface area contributed by atoms with Gasteiger partial charge in [-0.2, -0.15) is 0 Å². The van der Waals surface area contributed by atoms with Crippen LogP contribution < -0.4 is 15.9 Å². The Kier molecular flexibility index (Phi) is 6.06. The highest BCUT2D eigenvalue weighted by molar-refractivity contribution is 9.11. The van der Waals surface area contributed by atoms with E-state index in [9.17, 15) is 9.90 Å². The summed E-state index contributed by atoms with van der Waals surface area (Å²) in [6.07, 6.45) is 0.329. The predicted octanol–water partition coefficient (Wildman–Crippen LogP) is 3.97. The molecule has 2 aromatic carbocycles. The zero-order valence-corrected chi connectivity index (χ0v) is 20.7. The fraction of sp³-hybridized carbons (Fsp3) is 0.211. The number of hydrogen-bond donors (Lipinski definition) is 2. The average molecular weight is 603 g/mol. The van der Waals surface area contributed by atoms with E-state index in [1.165, 1.54) is 11.8 Å². The van der Waals surface area contributed by atoms with E-state index in [0.29, 0.717) is 30.7 Å². The quantitative estimate of drug-likeness (QED) is 0.558. The number of fused-ring (bicyclic) bond motifs is 2. The lowest BCUT2D eigenvalue weighted by Crippen LogP contribution is -2.50. The first-order valence-electron chi connectivity index (χ1n) is 8.78. The van der Waals surface area contributed by atoms with Crippen LogP contribution in [-0.4, -0.2) is 26.9 Å². The summed E-state index contributed by atoms with van der Waals surface area (Å²) in [5, 5.41) is 21.6.